The van der Waals surface area contributed by atoms with Gasteiger partial charge in [-0.2, -0.15) is 8.78 Å². The van der Waals surface area contributed by atoms with Crippen LogP contribution in [0, 0.1) is 5.82 Å². The van der Waals surface area contributed by atoms with Crippen LogP contribution in [-0.4, -0.2) is 30.6 Å². The van der Waals surface area contributed by atoms with Crippen molar-refractivity contribution in [3.05, 3.63) is 59.4 Å². The zero-order valence-electron chi connectivity index (χ0n) is 14.1. The van der Waals surface area contributed by atoms with E-state index in [2.05, 4.69) is 4.74 Å². The quantitative estimate of drug-likeness (QED) is 0.737. The molecule has 2 aromatic rings. The number of ether oxygens (including phenoxy) is 2. The summed E-state index contributed by atoms with van der Waals surface area (Å²) in [5.41, 5.74) is 1.13. The Labute approximate surface area is 149 Å². The Balaban J connectivity index is 1.81. The molecule has 1 aliphatic carbocycles. The van der Waals surface area contributed by atoms with Crippen molar-refractivity contribution in [2.75, 3.05) is 7.11 Å². The molecule has 4 nitrogen and oxygen atoms in total. The van der Waals surface area contributed by atoms with Gasteiger partial charge in [0.05, 0.1) is 7.11 Å². The van der Waals surface area contributed by atoms with E-state index in [-0.39, 0.29) is 29.3 Å². The fourth-order valence-corrected chi connectivity index (χ4v) is 2.70. The Morgan fingerprint density at radius 3 is 2.42 bits per heavy atom. The molecule has 1 saturated carbocycles. The number of carbonyl (C=O) groups is 1. The van der Waals surface area contributed by atoms with Crippen LogP contribution < -0.4 is 9.47 Å². The fraction of sp³-hybridized carbons (Fsp3) is 0.316. The van der Waals surface area contributed by atoms with E-state index in [0.717, 1.165) is 18.4 Å². The zero-order valence-corrected chi connectivity index (χ0v) is 14.1. The molecule has 0 atom stereocenters. The first-order chi connectivity index (χ1) is 12.5. The molecule has 1 fully saturated rings. The summed E-state index contributed by atoms with van der Waals surface area (Å²) in [5, 5.41) is 0. The number of methoxy groups -OCH3 is 1. The van der Waals surface area contributed by atoms with E-state index >= 15 is 0 Å². The van der Waals surface area contributed by atoms with Crippen molar-refractivity contribution in [1.29, 1.82) is 0 Å². The monoisotopic (exact) mass is 365 g/mol. The van der Waals surface area contributed by atoms with E-state index in [1.807, 2.05) is 0 Å². The van der Waals surface area contributed by atoms with Crippen LogP contribution in [0.2, 0.25) is 0 Å². The summed E-state index contributed by atoms with van der Waals surface area (Å²) < 4.78 is 47.4. The second-order valence-electron chi connectivity index (χ2n) is 6.03. The van der Waals surface area contributed by atoms with Gasteiger partial charge in [0.25, 0.3) is 5.91 Å². The van der Waals surface area contributed by atoms with Crippen molar-refractivity contribution in [2.45, 2.75) is 32.0 Å². The Morgan fingerprint density at radius 2 is 1.85 bits per heavy atom. The number of hydrogen-bond donors (Lipinski definition) is 0. The van der Waals surface area contributed by atoms with Crippen molar-refractivity contribution in [3.8, 4) is 11.5 Å². The minimum atomic E-state index is -2.98. The van der Waals surface area contributed by atoms with E-state index < -0.39 is 6.61 Å². The van der Waals surface area contributed by atoms with Gasteiger partial charge >= 0.3 is 6.61 Å². The molecule has 3 rings (SSSR count). The molecule has 1 amide bonds. The molecule has 2 aromatic carbocycles. The van der Waals surface area contributed by atoms with Gasteiger partial charge in [-0.15, -0.1) is 0 Å². The number of halogens is 3. The van der Waals surface area contributed by atoms with Crippen LogP contribution in [0.15, 0.2) is 42.5 Å². The maximum Gasteiger partial charge on any atom is 0.387 e. The lowest BCUT2D eigenvalue weighted by Gasteiger charge is -2.23. The highest BCUT2D eigenvalue weighted by Crippen LogP contribution is 2.33. The predicted molar refractivity (Wildman–Crippen MR) is 88.9 cm³/mol. The first-order valence-electron chi connectivity index (χ1n) is 8.16. The number of hydrogen-bond acceptors (Lipinski definition) is 3. The smallest absolute Gasteiger partial charge is 0.387 e. The van der Waals surface area contributed by atoms with Crippen LogP contribution in [0.25, 0.3) is 0 Å². The molecule has 7 heteroatoms. The topological polar surface area (TPSA) is 38.8 Å². The molecule has 1 aliphatic rings. The van der Waals surface area contributed by atoms with Crippen molar-refractivity contribution < 1.29 is 27.4 Å². The maximum absolute atomic E-state index is 13.1. The van der Waals surface area contributed by atoms with Crippen LogP contribution in [0.5, 0.6) is 11.5 Å². The van der Waals surface area contributed by atoms with E-state index in [1.54, 1.807) is 17.0 Å². The zero-order chi connectivity index (χ0) is 18.7. The summed E-state index contributed by atoms with van der Waals surface area (Å²) in [6.07, 6.45) is 1.80. The molecule has 0 aliphatic heterocycles. The highest BCUT2D eigenvalue weighted by atomic mass is 19.3. The van der Waals surface area contributed by atoms with Crippen LogP contribution in [-0.2, 0) is 6.54 Å². The largest absolute Gasteiger partial charge is 0.493 e. The first-order valence-corrected chi connectivity index (χ1v) is 8.16. The summed E-state index contributed by atoms with van der Waals surface area (Å²) in [4.78, 5) is 14.6. The molecule has 0 N–H and O–H groups in total. The lowest BCUT2D eigenvalue weighted by atomic mass is 10.1. The molecule has 26 heavy (non-hydrogen) atoms. The lowest BCUT2D eigenvalue weighted by molar-refractivity contribution is -0.0512. The number of nitrogens with zero attached hydrogens (tertiary/aromatic N) is 1. The predicted octanol–water partition coefficient (Wildman–Crippen LogP) is 4.24. The summed E-state index contributed by atoms with van der Waals surface area (Å²) in [5.74, 6) is -0.639. The Bertz CT molecular complexity index is 776. The van der Waals surface area contributed by atoms with Crippen molar-refractivity contribution in [3.63, 3.8) is 0 Å². The highest BCUT2D eigenvalue weighted by Gasteiger charge is 2.33. The third-order valence-corrected chi connectivity index (χ3v) is 4.14. The molecule has 0 radical (unpaired) electrons. The first kappa shape index (κ1) is 18.1. The molecule has 138 valence electrons. The summed E-state index contributed by atoms with van der Waals surface area (Å²) in [6, 6.07) is 10.2. The van der Waals surface area contributed by atoms with E-state index in [0.29, 0.717) is 12.1 Å². The minimum absolute atomic E-state index is 0.0636. The standard InChI is InChI=1S/C19H18F3NO3/c1-25-17-10-13(4-9-16(17)26-19(21)22)18(24)23(15-7-8-15)11-12-2-5-14(20)6-3-12/h2-6,9-10,15,19H,7-8,11H2,1H3. The van der Waals surface area contributed by atoms with Crippen molar-refractivity contribution >= 4 is 5.91 Å². The van der Waals surface area contributed by atoms with Gasteiger partial charge in [0, 0.05) is 18.2 Å². The maximum atomic E-state index is 13.1. The van der Waals surface area contributed by atoms with Gasteiger partial charge in [0.2, 0.25) is 0 Å². The molecule has 0 bridgehead atoms. The van der Waals surface area contributed by atoms with E-state index in [9.17, 15) is 18.0 Å². The second-order valence-corrected chi connectivity index (χ2v) is 6.03. The van der Waals surface area contributed by atoms with Gasteiger partial charge in [-0.25, -0.2) is 4.39 Å². The molecular weight excluding hydrogens is 347 g/mol. The Kier molecular flexibility index (Phi) is 5.35. The van der Waals surface area contributed by atoms with E-state index in [1.165, 1.54) is 37.4 Å². The van der Waals surface area contributed by atoms with Crippen molar-refractivity contribution in [2.24, 2.45) is 0 Å². The van der Waals surface area contributed by atoms with Gasteiger partial charge in [0.15, 0.2) is 11.5 Å². The van der Waals surface area contributed by atoms with Crippen LogP contribution in [0.4, 0.5) is 13.2 Å². The summed E-state index contributed by atoms with van der Waals surface area (Å²) in [6.45, 7) is -2.63. The van der Waals surface area contributed by atoms with E-state index in [4.69, 9.17) is 4.74 Å². The highest BCUT2D eigenvalue weighted by molar-refractivity contribution is 5.95. The van der Waals surface area contributed by atoms with Crippen LogP contribution in [0.3, 0.4) is 0 Å². The number of benzene rings is 2. The number of carbonyl (C=O) groups excluding carboxylic acids is 1. The minimum Gasteiger partial charge on any atom is -0.493 e. The third-order valence-electron chi connectivity index (χ3n) is 4.14. The summed E-state index contributed by atoms with van der Waals surface area (Å²) >= 11 is 0. The Hall–Kier alpha value is -2.70. The second kappa shape index (κ2) is 7.68. The van der Waals surface area contributed by atoms with Gasteiger partial charge in [-0.3, -0.25) is 4.79 Å². The third kappa shape index (κ3) is 4.28. The normalized spacial score (nSPS) is 13.6. The number of amides is 1. The van der Waals surface area contributed by atoms with Crippen molar-refractivity contribution in [1.82, 2.24) is 4.90 Å². The van der Waals surface area contributed by atoms with Crippen LogP contribution >= 0.6 is 0 Å². The number of alkyl halides is 2. The van der Waals surface area contributed by atoms with Gasteiger partial charge < -0.3 is 14.4 Å². The Morgan fingerprint density at radius 1 is 1.15 bits per heavy atom. The molecule has 0 unspecified atom stereocenters. The van der Waals surface area contributed by atoms with Crippen LogP contribution in [0.1, 0.15) is 28.8 Å². The SMILES string of the molecule is COc1cc(C(=O)N(Cc2ccc(F)cc2)C2CC2)ccc1OC(F)F. The van der Waals surface area contributed by atoms with Gasteiger partial charge in [-0.1, -0.05) is 12.1 Å². The molecule has 0 spiro atoms. The van der Waals surface area contributed by atoms with Gasteiger partial charge in [-0.05, 0) is 48.7 Å². The van der Waals surface area contributed by atoms with Gasteiger partial charge in [0.1, 0.15) is 5.82 Å². The average molecular weight is 365 g/mol. The average Bonchev–Trinajstić information content (AvgIpc) is 3.45. The summed E-state index contributed by atoms with van der Waals surface area (Å²) in [7, 11) is 1.32. The molecule has 0 aromatic heterocycles. The number of rotatable bonds is 7. The fourth-order valence-electron chi connectivity index (χ4n) is 2.70. The lowest BCUT2D eigenvalue weighted by Crippen LogP contribution is -2.32. The molecular formula is C19H18F3NO3. The molecule has 0 saturated heterocycles. The molecule has 0 heterocycles.